The van der Waals surface area contributed by atoms with E-state index in [1.54, 1.807) is 0 Å². The average Bonchev–Trinajstić information content (AvgIpc) is 2.57. The van der Waals surface area contributed by atoms with Gasteiger partial charge < -0.3 is 15.0 Å². The number of carbonyl (C=O) groups is 1. The maximum atomic E-state index is 12.8. The Morgan fingerprint density at radius 3 is 2.48 bits per heavy atom. The zero-order valence-electron chi connectivity index (χ0n) is 17.9. The van der Waals surface area contributed by atoms with Gasteiger partial charge in [-0.1, -0.05) is 36.8 Å². The third-order valence-corrected chi connectivity index (χ3v) is 5.36. The van der Waals surface area contributed by atoms with Crippen LogP contribution in [0.1, 0.15) is 78.2 Å². The van der Waals surface area contributed by atoms with Crippen molar-refractivity contribution >= 4 is 6.09 Å². The van der Waals surface area contributed by atoms with Crippen molar-refractivity contribution in [1.82, 2.24) is 10.2 Å². The van der Waals surface area contributed by atoms with Gasteiger partial charge in [0.25, 0.3) is 0 Å². The number of nitrogens with zero attached hydrogens (tertiary/aromatic N) is 1. The molecule has 1 atom stereocenters. The van der Waals surface area contributed by atoms with Crippen LogP contribution in [-0.2, 0) is 4.74 Å². The zero-order valence-corrected chi connectivity index (χ0v) is 17.9. The molecule has 1 aliphatic rings. The molecule has 0 aliphatic carbocycles. The number of nitrogens with one attached hydrogen (secondary N) is 1. The van der Waals surface area contributed by atoms with Gasteiger partial charge in [0, 0.05) is 12.1 Å². The van der Waals surface area contributed by atoms with Crippen LogP contribution in [0.25, 0.3) is 0 Å². The molecule has 1 aromatic rings. The quantitative estimate of drug-likeness (QED) is 0.721. The lowest BCUT2D eigenvalue weighted by atomic mass is 9.87. The first-order chi connectivity index (χ1) is 12.7. The predicted octanol–water partition coefficient (Wildman–Crippen LogP) is 5.34. The first-order valence-corrected chi connectivity index (χ1v) is 10.5. The topological polar surface area (TPSA) is 41.6 Å². The third kappa shape index (κ3) is 7.17. The van der Waals surface area contributed by atoms with E-state index in [1.165, 1.54) is 12.0 Å². The Hall–Kier alpha value is -1.55. The molecular formula is C23H38N2O2. The molecule has 1 N–H and O–H groups in total. The lowest BCUT2D eigenvalue weighted by Crippen LogP contribution is -2.50. The fourth-order valence-corrected chi connectivity index (χ4v) is 3.84. The van der Waals surface area contributed by atoms with Crippen LogP contribution in [-0.4, -0.2) is 41.8 Å². The fourth-order valence-electron chi connectivity index (χ4n) is 3.84. The second kappa shape index (κ2) is 9.59. The van der Waals surface area contributed by atoms with Crippen LogP contribution in [0.4, 0.5) is 4.79 Å². The van der Waals surface area contributed by atoms with E-state index in [0.717, 1.165) is 45.3 Å². The summed E-state index contributed by atoms with van der Waals surface area (Å²) in [7, 11) is 0. The van der Waals surface area contributed by atoms with Crippen LogP contribution < -0.4 is 5.32 Å². The highest BCUT2D eigenvalue weighted by atomic mass is 16.6. The Bertz CT molecular complexity index is 578. The highest BCUT2D eigenvalue weighted by molar-refractivity contribution is 5.69. The number of hydrogen-bond donors (Lipinski definition) is 1. The Balaban J connectivity index is 2.09. The molecule has 1 amide bonds. The Morgan fingerprint density at radius 1 is 1.11 bits per heavy atom. The fraction of sp³-hybridized carbons (Fsp3) is 0.696. The molecule has 0 aromatic heterocycles. The standard InChI is InChI=1S/C23H38N2O2/c1-22(2,3)27-21(26)25-18-10-16-24-17-14-20(13-9-15-23(25,4)5)19-11-7-6-8-12-19/h6-8,11-12,20,24H,9-10,13-18H2,1-5H3. The van der Waals surface area contributed by atoms with E-state index >= 15 is 0 Å². The lowest BCUT2D eigenvalue weighted by molar-refractivity contribution is 0.000672. The van der Waals surface area contributed by atoms with Gasteiger partial charge in [-0.15, -0.1) is 0 Å². The molecule has 1 unspecified atom stereocenters. The normalized spacial score (nSPS) is 22.4. The lowest BCUT2D eigenvalue weighted by Gasteiger charge is -2.40. The second-order valence-electron chi connectivity index (χ2n) is 9.34. The number of hydrogen-bond acceptors (Lipinski definition) is 3. The summed E-state index contributed by atoms with van der Waals surface area (Å²) in [6, 6.07) is 10.8. The van der Waals surface area contributed by atoms with Crippen LogP contribution in [0.3, 0.4) is 0 Å². The summed E-state index contributed by atoms with van der Waals surface area (Å²) < 4.78 is 5.69. The third-order valence-electron chi connectivity index (χ3n) is 5.36. The van der Waals surface area contributed by atoms with Crippen molar-refractivity contribution in [2.24, 2.45) is 0 Å². The SMILES string of the molecule is CC(C)(C)OC(=O)N1CCCNCCC(c2ccccc2)CCCC1(C)C. The Labute approximate surface area is 165 Å². The van der Waals surface area contributed by atoms with Gasteiger partial charge >= 0.3 is 6.09 Å². The molecule has 1 saturated heterocycles. The molecule has 0 radical (unpaired) electrons. The summed E-state index contributed by atoms with van der Waals surface area (Å²) in [5.74, 6) is 0.573. The van der Waals surface area contributed by atoms with Crippen molar-refractivity contribution in [3.8, 4) is 0 Å². The molecule has 0 spiro atoms. The van der Waals surface area contributed by atoms with Crippen LogP contribution >= 0.6 is 0 Å². The van der Waals surface area contributed by atoms with E-state index in [-0.39, 0.29) is 11.6 Å². The second-order valence-corrected chi connectivity index (χ2v) is 9.34. The summed E-state index contributed by atoms with van der Waals surface area (Å²) in [5, 5.41) is 3.56. The van der Waals surface area contributed by atoms with Crippen LogP contribution in [0.15, 0.2) is 30.3 Å². The smallest absolute Gasteiger partial charge is 0.410 e. The molecular weight excluding hydrogens is 336 g/mol. The van der Waals surface area contributed by atoms with Crippen molar-refractivity contribution in [3.63, 3.8) is 0 Å². The van der Waals surface area contributed by atoms with Gasteiger partial charge in [-0.2, -0.15) is 0 Å². The van der Waals surface area contributed by atoms with Crippen molar-refractivity contribution in [2.45, 2.75) is 83.8 Å². The highest BCUT2D eigenvalue weighted by Gasteiger charge is 2.33. The predicted molar refractivity (Wildman–Crippen MR) is 112 cm³/mol. The maximum absolute atomic E-state index is 12.8. The summed E-state index contributed by atoms with van der Waals surface area (Å²) in [5.41, 5.74) is 0.758. The van der Waals surface area contributed by atoms with Gasteiger partial charge in [0.2, 0.25) is 0 Å². The van der Waals surface area contributed by atoms with Crippen LogP contribution in [0.5, 0.6) is 0 Å². The Morgan fingerprint density at radius 2 is 1.81 bits per heavy atom. The molecule has 4 nitrogen and oxygen atoms in total. The van der Waals surface area contributed by atoms with Crippen molar-refractivity contribution in [2.75, 3.05) is 19.6 Å². The van der Waals surface area contributed by atoms with E-state index in [4.69, 9.17) is 4.74 Å². The number of carbonyl (C=O) groups excluding carboxylic acids is 1. The minimum absolute atomic E-state index is 0.191. The molecule has 1 aromatic carbocycles. The zero-order chi connectivity index (χ0) is 19.9. The number of ether oxygens (including phenoxy) is 1. The van der Waals surface area contributed by atoms with E-state index in [9.17, 15) is 4.79 Å². The molecule has 1 fully saturated rings. The minimum atomic E-state index is -0.465. The van der Waals surface area contributed by atoms with Crippen molar-refractivity contribution in [1.29, 1.82) is 0 Å². The molecule has 0 saturated carbocycles. The van der Waals surface area contributed by atoms with Crippen LogP contribution in [0.2, 0.25) is 0 Å². The van der Waals surface area contributed by atoms with E-state index in [1.807, 2.05) is 25.7 Å². The summed E-state index contributed by atoms with van der Waals surface area (Å²) in [6.45, 7) is 12.8. The minimum Gasteiger partial charge on any atom is -0.444 e. The molecule has 27 heavy (non-hydrogen) atoms. The van der Waals surface area contributed by atoms with E-state index in [0.29, 0.717) is 5.92 Å². The van der Waals surface area contributed by atoms with Crippen molar-refractivity contribution in [3.05, 3.63) is 35.9 Å². The highest BCUT2D eigenvalue weighted by Crippen LogP contribution is 2.30. The van der Waals surface area contributed by atoms with Gasteiger partial charge in [0.1, 0.15) is 5.60 Å². The number of amides is 1. The first kappa shape index (κ1) is 21.7. The van der Waals surface area contributed by atoms with Gasteiger partial charge in [0.15, 0.2) is 0 Å². The van der Waals surface area contributed by atoms with Crippen molar-refractivity contribution < 1.29 is 9.53 Å². The van der Waals surface area contributed by atoms with Gasteiger partial charge in [-0.25, -0.2) is 4.79 Å². The van der Waals surface area contributed by atoms with Gasteiger partial charge in [-0.05, 0) is 84.9 Å². The number of benzene rings is 1. The first-order valence-electron chi connectivity index (χ1n) is 10.5. The molecule has 4 heteroatoms. The van der Waals surface area contributed by atoms with E-state index in [2.05, 4.69) is 49.5 Å². The van der Waals surface area contributed by atoms with Gasteiger partial charge in [0.05, 0.1) is 0 Å². The summed E-state index contributed by atoms with van der Waals surface area (Å²) in [4.78, 5) is 14.8. The largest absolute Gasteiger partial charge is 0.444 e. The molecule has 1 aliphatic heterocycles. The van der Waals surface area contributed by atoms with Crippen LogP contribution in [0, 0.1) is 0 Å². The molecule has 152 valence electrons. The Kier molecular flexibility index (Phi) is 7.72. The monoisotopic (exact) mass is 374 g/mol. The average molecular weight is 375 g/mol. The molecule has 1 heterocycles. The maximum Gasteiger partial charge on any atom is 0.410 e. The molecule has 0 bridgehead atoms. The van der Waals surface area contributed by atoms with Gasteiger partial charge in [-0.3, -0.25) is 0 Å². The summed E-state index contributed by atoms with van der Waals surface area (Å²) in [6.07, 6.45) is 5.16. The van der Waals surface area contributed by atoms with E-state index < -0.39 is 5.60 Å². The summed E-state index contributed by atoms with van der Waals surface area (Å²) >= 11 is 0. The molecule has 2 rings (SSSR count). The number of rotatable bonds is 1.